The van der Waals surface area contributed by atoms with Crippen LogP contribution >= 0.6 is 15.9 Å². The molecule has 0 N–H and O–H groups in total. The minimum atomic E-state index is 0.350. The molecule has 0 aliphatic carbocycles. The van der Waals surface area contributed by atoms with Crippen molar-refractivity contribution in [2.75, 3.05) is 0 Å². The van der Waals surface area contributed by atoms with Crippen LogP contribution in [0.2, 0.25) is 0 Å². The molecule has 1 aromatic carbocycles. The molecule has 4 nitrogen and oxygen atoms in total. The zero-order valence-electron chi connectivity index (χ0n) is 14.4. The molecule has 1 aromatic heterocycles. The zero-order chi connectivity index (χ0) is 17.2. The molecule has 2 fully saturated rings. The maximum atomic E-state index is 12.8. The summed E-state index contributed by atoms with van der Waals surface area (Å²) in [6, 6.07) is 11.7. The van der Waals surface area contributed by atoms with Crippen molar-refractivity contribution in [1.82, 2.24) is 14.7 Å². The lowest BCUT2D eigenvalue weighted by atomic mass is 9.96. The van der Waals surface area contributed by atoms with Gasteiger partial charge in [-0.25, -0.2) is 0 Å². The van der Waals surface area contributed by atoms with Crippen molar-refractivity contribution in [1.29, 1.82) is 0 Å². The second kappa shape index (κ2) is 7.32. The number of piperidine rings is 1. The van der Waals surface area contributed by atoms with Gasteiger partial charge < -0.3 is 4.90 Å². The molecule has 2 aromatic rings. The standard InChI is InChI=1S/C20H24BrN3O/c21-16-13-22-23(14-16)19-11-17-9-10-18(12-19)24(17)20(25)8-4-7-15-5-2-1-3-6-15/h1-3,5-6,13-14,17-19H,4,7-12H2. The third-order valence-electron chi connectivity index (χ3n) is 5.64. The topological polar surface area (TPSA) is 38.1 Å². The Morgan fingerprint density at radius 1 is 1.12 bits per heavy atom. The Morgan fingerprint density at radius 2 is 1.84 bits per heavy atom. The molecule has 2 unspecified atom stereocenters. The van der Waals surface area contributed by atoms with Crippen molar-refractivity contribution in [2.24, 2.45) is 0 Å². The molecule has 0 radical (unpaired) electrons. The summed E-state index contributed by atoms with van der Waals surface area (Å²) >= 11 is 3.48. The summed E-state index contributed by atoms with van der Waals surface area (Å²) in [6.07, 6.45) is 10.9. The monoisotopic (exact) mass is 401 g/mol. The van der Waals surface area contributed by atoms with Crippen LogP contribution in [0.3, 0.4) is 0 Å². The molecule has 4 rings (SSSR count). The fraction of sp³-hybridized carbons (Fsp3) is 0.500. The zero-order valence-corrected chi connectivity index (χ0v) is 15.9. The highest BCUT2D eigenvalue weighted by atomic mass is 79.9. The molecule has 25 heavy (non-hydrogen) atoms. The number of amides is 1. The summed E-state index contributed by atoms with van der Waals surface area (Å²) in [4.78, 5) is 15.0. The Balaban J connectivity index is 1.33. The third-order valence-corrected chi connectivity index (χ3v) is 6.05. The molecule has 2 bridgehead atoms. The van der Waals surface area contributed by atoms with E-state index in [9.17, 15) is 4.79 Å². The van der Waals surface area contributed by atoms with E-state index in [4.69, 9.17) is 0 Å². The van der Waals surface area contributed by atoms with Gasteiger partial charge >= 0.3 is 0 Å². The SMILES string of the molecule is O=C(CCCc1ccccc1)N1C2CCC1CC(n1cc(Br)cn1)C2. The molecule has 5 heteroatoms. The number of fused-ring (bicyclic) bond motifs is 2. The van der Waals surface area contributed by atoms with Gasteiger partial charge in [0, 0.05) is 24.7 Å². The van der Waals surface area contributed by atoms with E-state index in [0.717, 1.165) is 43.0 Å². The lowest BCUT2D eigenvalue weighted by molar-refractivity contribution is -0.136. The first kappa shape index (κ1) is 16.8. The summed E-state index contributed by atoms with van der Waals surface area (Å²) < 4.78 is 3.10. The van der Waals surface area contributed by atoms with Crippen molar-refractivity contribution >= 4 is 21.8 Å². The van der Waals surface area contributed by atoms with Crippen LogP contribution in [0.5, 0.6) is 0 Å². The van der Waals surface area contributed by atoms with Gasteiger partial charge in [0.25, 0.3) is 0 Å². The number of hydrogen-bond acceptors (Lipinski definition) is 2. The van der Waals surface area contributed by atoms with E-state index in [2.05, 4.69) is 61.1 Å². The van der Waals surface area contributed by atoms with Crippen LogP contribution in [0.1, 0.15) is 50.1 Å². The average molecular weight is 402 g/mol. The smallest absolute Gasteiger partial charge is 0.223 e. The van der Waals surface area contributed by atoms with Crippen LogP contribution in [-0.2, 0) is 11.2 Å². The van der Waals surface area contributed by atoms with Crippen LogP contribution in [0.25, 0.3) is 0 Å². The van der Waals surface area contributed by atoms with Gasteiger partial charge in [-0.3, -0.25) is 9.48 Å². The number of nitrogens with zero attached hydrogens (tertiary/aromatic N) is 3. The molecule has 2 aliphatic rings. The van der Waals surface area contributed by atoms with E-state index < -0.39 is 0 Å². The van der Waals surface area contributed by atoms with E-state index in [1.54, 1.807) is 0 Å². The Morgan fingerprint density at radius 3 is 2.48 bits per heavy atom. The van der Waals surface area contributed by atoms with Gasteiger partial charge in [-0.05, 0) is 60.0 Å². The minimum absolute atomic E-state index is 0.350. The first-order valence-corrected chi connectivity index (χ1v) is 10.0. The van der Waals surface area contributed by atoms with Gasteiger partial charge in [0.05, 0.1) is 16.7 Å². The van der Waals surface area contributed by atoms with Crippen molar-refractivity contribution in [3.8, 4) is 0 Å². The average Bonchev–Trinajstić information content (AvgIpc) is 3.17. The molecule has 0 saturated carbocycles. The molecule has 1 amide bonds. The predicted molar refractivity (Wildman–Crippen MR) is 101 cm³/mol. The lowest BCUT2D eigenvalue weighted by Gasteiger charge is -2.39. The molecule has 132 valence electrons. The van der Waals surface area contributed by atoms with Crippen LogP contribution in [0, 0.1) is 0 Å². The fourth-order valence-electron chi connectivity index (χ4n) is 4.50. The number of rotatable bonds is 5. The van der Waals surface area contributed by atoms with Crippen LogP contribution < -0.4 is 0 Å². The molecule has 2 atom stereocenters. The summed E-state index contributed by atoms with van der Waals surface area (Å²) in [5.41, 5.74) is 1.32. The summed E-state index contributed by atoms with van der Waals surface area (Å²) in [6.45, 7) is 0. The Bertz CT molecular complexity index is 716. The normalized spacial score (nSPS) is 25.3. The van der Waals surface area contributed by atoms with Gasteiger partial charge in [-0.2, -0.15) is 5.10 Å². The number of aryl methyl sites for hydroxylation is 1. The molecular weight excluding hydrogens is 378 g/mol. The van der Waals surface area contributed by atoms with E-state index in [-0.39, 0.29) is 0 Å². The minimum Gasteiger partial charge on any atom is -0.337 e. The first-order chi connectivity index (χ1) is 12.2. The predicted octanol–water partition coefficient (Wildman–Crippen LogP) is 4.36. The van der Waals surface area contributed by atoms with Crippen molar-refractivity contribution in [3.63, 3.8) is 0 Å². The molecule has 3 heterocycles. The number of aromatic nitrogens is 2. The van der Waals surface area contributed by atoms with Gasteiger partial charge in [0.2, 0.25) is 5.91 Å². The second-order valence-electron chi connectivity index (χ2n) is 7.29. The highest BCUT2D eigenvalue weighted by Crippen LogP contribution is 2.41. The Kier molecular flexibility index (Phi) is 4.93. The number of carbonyl (C=O) groups excluding carboxylic acids is 1. The number of halogens is 1. The largest absolute Gasteiger partial charge is 0.337 e. The quantitative estimate of drug-likeness (QED) is 0.745. The van der Waals surface area contributed by atoms with Gasteiger partial charge in [-0.15, -0.1) is 0 Å². The van der Waals surface area contributed by atoms with Crippen molar-refractivity contribution < 1.29 is 4.79 Å². The second-order valence-corrected chi connectivity index (χ2v) is 8.20. The molecule has 2 saturated heterocycles. The highest BCUT2D eigenvalue weighted by molar-refractivity contribution is 9.10. The van der Waals surface area contributed by atoms with E-state index in [1.165, 1.54) is 5.56 Å². The Hall–Kier alpha value is -1.62. The van der Waals surface area contributed by atoms with Crippen molar-refractivity contribution in [3.05, 3.63) is 52.8 Å². The summed E-state index contributed by atoms with van der Waals surface area (Å²) in [7, 11) is 0. The van der Waals surface area contributed by atoms with Crippen LogP contribution in [0.15, 0.2) is 47.2 Å². The van der Waals surface area contributed by atoms with E-state index in [0.29, 0.717) is 30.5 Å². The van der Waals surface area contributed by atoms with Gasteiger partial charge in [-0.1, -0.05) is 30.3 Å². The maximum Gasteiger partial charge on any atom is 0.223 e. The van der Waals surface area contributed by atoms with E-state index >= 15 is 0 Å². The summed E-state index contributed by atoms with van der Waals surface area (Å²) in [5.74, 6) is 0.350. The Labute approximate surface area is 157 Å². The first-order valence-electron chi connectivity index (χ1n) is 9.25. The van der Waals surface area contributed by atoms with Crippen molar-refractivity contribution in [2.45, 2.75) is 63.1 Å². The van der Waals surface area contributed by atoms with Crippen LogP contribution in [-0.4, -0.2) is 32.7 Å². The third kappa shape index (κ3) is 3.66. The number of benzene rings is 1. The molecule has 2 aliphatic heterocycles. The van der Waals surface area contributed by atoms with Crippen LogP contribution in [0.4, 0.5) is 0 Å². The number of hydrogen-bond donors (Lipinski definition) is 0. The van der Waals surface area contributed by atoms with E-state index in [1.807, 2.05) is 12.3 Å². The lowest BCUT2D eigenvalue weighted by Crippen LogP contribution is -2.47. The summed E-state index contributed by atoms with van der Waals surface area (Å²) in [5, 5.41) is 4.46. The number of carbonyl (C=O) groups is 1. The highest BCUT2D eigenvalue weighted by Gasteiger charge is 2.43. The maximum absolute atomic E-state index is 12.8. The van der Waals surface area contributed by atoms with Gasteiger partial charge in [0.15, 0.2) is 0 Å². The fourth-order valence-corrected chi connectivity index (χ4v) is 4.80. The molecular formula is C20H24BrN3O. The molecule has 0 spiro atoms. The van der Waals surface area contributed by atoms with Gasteiger partial charge in [0.1, 0.15) is 0 Å².